The van der Waals surface area contributed by atoms with Crippen molar-refractivity contribution in [2.45, 2.75) is 58.0 Å². The van der Waals surface area contributed by atoms with Crippen LogP contribution < -0.4 is 5.32 Å². The Kier molecular flexibility index (Phi) is 6.05. The maximum Gasteiger partial charge on any atom is 0.253 e. The largest absolute Gasteiger partial charge is 0.300 e. The van der Waals surface area contributed by atoms with Crippen LogP contribution in [0.15, 0.2) is 5.16 Å². The van der Waals surface area contributed by atoms with Crippen molar-refractivity contribution in [3.05, 3.63) is 22.0 Å². The molecule has 0 aliphatic heterocycles. The molecule has 3 heterocycles. The Morgan fingerprint density at radius 3 is 2.63 bits per heavy atom. The zero-order valence-corrected chi connectivity index (χ0v) is 17.7. The molecular formula is C17H23N7OS2. The molecule has 1 N–H and O–H groups in total. The van der Waals surface area contributed by atoms with Crippen LogP contribution in [0.3, 0.4) is 0 Å². The van der Waals surface area contributed by atoms with E-state index in [2.05, 4.69) is 44.4 Å². The van der Waals surface area contributed by atoms with Gasteiger partial charge in [-0.15, -0.1) is 15.3 Å². The molecule has 3 aromatic heterocycles. The number of amides is 1. The Bertz CT molecular complexity index is 962. The fourth-order valence-corrected chi connectivity index (χ4v) is 4.31. The van der Waals surface area contributed by atoms with Gasteiger partial charge >= 0.3 is 0 Å². The average molecular weight is 406 g/mol. The number of aryl methyl sites for hydroxylation is 2. The van der Waals surface area contributed by atoms with Gasteiger partial charge in [-0.1, -0.05) is 36.9 Å². The Labute approximate surface area is 166 Å². The fourth-order valence-electron chi connectivity index (χ4n) is 2.94. The monoisotopic (exact) mass is 405 g/mol. The predicted molar refractivity (Wildman–Crippen MR) is 108 cm³/mol. The lowest BCUT2D eigenvalue weighted by Crippen LogP contribution is -2.17. The van der Waals surface area contributed by atoms with Crippen molar-refractivity contribution in [2.24, 2.45) is 0 Å². The van der Waals surface area contributed by atoms with Crippen LogP contribution in [0.4, 0.5) is 5.13 Å². The van der Waals surface area contributed by atoms with Crippen LogP contribution in [0.1, 0.15) is 54.6 Å². The number of fused-ring (bicyclic) bond motifs is 1. The van der Waals surface area contributed by atoms with Gasteiger partial charge in [0, 0.05) is 22.9 Å². The van der Waals surface area contributed by atoms with Gasteiger partial charge in [-0.2, -0.15) is 4.98 Å². The molecule has 0 radical (unpaired) electrons. The normalized spacial score (nSPS) is 11.5. The van der Waals surface area contributed by atoms with E-state index >= 15 is 0 Å². The molecule has 0 bridgehead atoms. The van der Waals surface area contributed by atoms with Crippen molar-refractivity contribution in [2.75, 3.05) is 11.6 Å². The van der Waals surface area contributed by atoms with Crippen LogP contribution in [0.25, 0.3) is 5.78 Å². The predicted octanol–water partition coefficient (Wildman–Crippen LogP) is 3.40. The van der Waals surface area contributed by atoms with E-state index in [1.165, 1.54) is 23.1 Å². The number of nitrogens with one attached hydrogen (secondary N) is 1. The molecule has 0 atom stereocenters. The summed E-state index contributed by atoms with van der Waals surface area (Å²) in [4.78, 5) is 21.4. The van der Waals surface area contributed by atoms with Crippen LogP contribution in [-0.2, 0) is 11.2 Å². The molecule has 0 aliphatic rings. The van der Waals surface area contributed by atoms with Gasteiger partial charge in [0.1, 0.15) is 5.01 Å². The topological polar surface area (TPSA) is 98.0 Å². The highest BCUT2D eigenvalue weighted by atomic mass is 32.2. The van der Waals surface area contributed by atoms with Gasteiger partial charge in [0.15, 0.2) is 0 Å². The molecule has 0 saturated heterocycles. The molecule has 144 valence electrons. The summed E-state index contributed by atoms with van der Waals surface area (Å²) in [6.45, 7) is 8.09. The molecule has 0 unspecified atom stereocenters. The third-order valence-electron chi connectivity index (χ3n) is 4.57. The summed E-state index contributed by atoms with van der Waals surface area (Å²) in [6, 6.07) is 0. The summed E-state index contributed by atoms with van der Waals surface area (Å²) >= 11 is 2.91. The first-order chi connectivity index (χ1) is 13.0. The maximum atomic E-state index is 12.6. The minimum absolute atomic E-state index is 0.139. The summed E-state index contributed by atoms with van der Waals surface area (Å²) in [5.41, 5.74) is 2.50. The van der Waals surface area contributed by atoms with E-state index in [0.717, 1.165) is 34.8 Å². The Morgan fingerprint density at radius 2 is 1.96 bits per heavy atom. The van der Waals surface area contributed by atoms with E-state index in [-0.39, 0.29) is 12.3 Å². The molecule has 1 amide bonds. The van der Waals surface area contributed by atoms with E-state index in [1.54, 1.807) is 4.52 Å². The van der Waals surface area contributed by atoms with Crippen LogP contribution in [-0.4, -0.2) is 41.9 Å². The van der Waals surface area contributed by atoms with E-state index in [9.17, 15) is 4.79 Å². The van der Waals surface area contributed by atoms with Gasteiger partial charge in [0.2, 0.25) is 16.2 Å². The third kappa shape index (κ3) is 4.11. The Morgan fingerprint density at radius 1 is 1.22 bits per heavy atom. The van der Waals surface area contributed by atoms with E-state index in [0.29, 0.717) is 22.0 Å². The molecular weight excluding hydrogens is 382 g/mol. The first kappa shape index (κ1) is 19.7. The van der Waals surface area contributed by atoms with Gasteiger partial charge in [0.05, 0.1) is 6.42 Å². The minimum atomic E-state index is -0.139. The highest BCUT2D eigenvalue weighted by molar-refractivity contribution is 7.98. The summed E-state index contributed by atoms with van der Waals surface area (Å²) in [7, 11) is 0. The van der Waals surface area contributed by atoms with Crippen molar-refractivity contribution in [1.29, 1.82) is 0 Å². The SMILES string of the molecule is CCC(CC)c1nnc(NC(=O)Cc2c(C)nc3nc(SC)nn3c2C)s1. The number of hydrogen-bond donors (Lipinski definition) is 1. The van der Waals surface area contributed by atoms with Crippen LogP contribution >= 0.6 is 23.1 Å². The molecule has 10 heteroatoms. The number of anilines is 1. The van der Waals surface area contributed by atoms with Crippen molar-refractivity contribution in [3.8, 4) is 0 Å². The van der Waals surface area contributed by atoms with Crippen LogP contribution in [0.5, 0.6) is 0 Å². The van der Waals surface area contributed by atoms with Crippen molar-refractivity contribution in [1.82, 2.24) is 29.8 Å². The van der Waals surface area contributed by atoms with Gasteiger partial charge in [-0.25, -0.2) is 9.50 Å². The van der Waals surface area contributed by atoms with Gasteiger partial charge in [0.25, 0.3) is 5.78 Å². The van der Waals surface area contributed by atoms with E-state index in [4.69, 9.17) is 0 Å². The summed E-state index contributed by atoms with van der Waals surface area (Å²) in [5.74, 6) is 0.805. The molecule has 3 aromatic rings. The van der Waals surface area contributed by atoms with Gasteiger partial charge < -0.3 is 5.32 Å². The van der Waals surface area contributed by atoms with Crippen molar-refractivity contribution >= 4 is 39.9 Å². The molecule has 8 nitrogen and oxygen atoms in total. The smallest absolute Gasteiger partial charge is 0.253 e. The van der Waals surface area contributed by atoms with Crippen molar-refractivity contribution < 1.29 is 4.79 Å². The highest BCUT2D eigenvalue weighted by Crippen LogP contribution is 2.28. The number of thioether (sulfide) groups is 1. The number of nitrogens with zero attached hydrogens (tertiary/aromatic N) is 6. The average Bonchev–Trinajstić information content (AvgIpc) is 3.27. The van der Waals surface area contributed by atoms with Crippen LogP contribution in [0, 0.1) is 13.8 Å². The molecule has 3 rings (SSSR count). The van der Waals surface area contributed by atoms with E-state index < -0.39 is 0 Å². The Balaban J connectivity index is 1.78. The number of rotatable bonds is 7. The second kappa shape index (κ2) is 8.30. The zero-order valence-electron chi connectivity index (χ0n) is 16.1. The fraction of sp³-hybridized carbons (Fsp3) is 0.529. The maximum absolute atomic E-state index is 12.6. The summed E-state index contributed by atoms with van der Waals surface area (Å²) in [6.07, 6.45) is 4.15. The summed E-state index contributed by atoms with van der Waals surface area (Å²) < 4.78 is 1.69. The number of aromatic nitrogens is 6. The lowest BCUT2D eigenvalue weighted by Gasteiger charge is -2.09. The van der Waals surface area contributed by atoms with Gasteiger partial charge in [-0.3, -0.25) is 4.79 Å². The zero-order chi connectivity index (χ0) is 19.6. The molecule has 0 saturated carbocycles. The second-order valence-electron chi connectivity index (χ2n) is 6.26. The van der Waals surface area contributed by atoms with E-state index in [1.807, 2.05) is 20.1 Å². The minimum Gasteiger partial charge on any atom is -0.300 e. The number of hydrogen-bond acceptors (Lipinski definition) is 8. The Hall–Kier alpha value is -2.07. The van der Waals surface area contributed by atoms with Gasteiger partial charge in [-0.05, 0) is 32.9 Å². The lowest BCUT2D eigenvalue weighted by atomic mass is 10.1. The summed E-state index contributed by atoms with van der Waals surface area (Å²) in [5, 5.41) is 17.8. The molecule has 0 aliphatic carbocycles. The quantitative estimate of drug-likeness (QED) is 0.602. The molecule has 0 spiro atoms. The molecule has 0 fully saturated rings. The number of carbonyl (C=O) groups excluding carboxylic acids is 1. The third-order valence-corrected chi connectivity index (χ3v) is 6.11. The highest BCUT2D eigenvalue weighted by Gasteiger charge is 2.18. The molecule has 27 heavy (non-hydrogen) atoms. The van der Waals surface area contributed by atoms with Crippen LogP contribution in [0.2, 0.25) is 0 Å². The second-order valence-corrected chi connectivity index (χ2v) is 8.04. The first-order valence-corrected chi connectivity index (χ1v) is 10.9. The lowest BCUT2D eigenvalue weighted by molar-refractivity contribution is -0.115. The van der Waals surface area contributed by atoms with Crippen molar-refractivity contribution in [3.63, 3.8) is 0 Å². The standard InChI is InChI=1S/C17H23N7OS2/c1-6-11(7-2)14-21-22-16(27-14)19-13(25)8-12-9(3)18-15-20-17(26-5)23-24(15)10(12)4/h11H,6-8H2,1-5H3,(H,19,22,25). The first-order valence-electron chi connectivity index (χ1n) is 8.86. The molecule has 0 aromatic carbocycles. The number of carbonyl (C=O) groups is 1.